The minimum absolute atomic E-state index is 0.0490. The van der Waals surface area contributed by atoms with E-state index in [0.717, 1.165) is 0 Å². The Kier molecular flexibility index (Phi) is 4.72. The molecule has 0 aliphatic heterocycles. The summed E-state index contributed by atoms with van der Waals surface area (Å²) in [5.41, 5.74) is 6.90. The van der Waals surface area contributed by atoms with Crippen LogP contribution < -0.4 is 10.5 Å². The number of nitrogens with one attached hydrogen (secondary N) is 1. The fourth-order valence-corrected chi connectivity index (χ4v) is 3.47. The van der Waals surface area contributed by atoms with Crippen LogP contribution in [0.3, 0.4) is 0 Å². The van der Waals surface area contributed by atoms with Crippen LogP contribution in [-0.4, -0.2) is 8.42 Å². The van der Waals surface area contributed by atoms with Gasteiger partial charge < -0.3 is 5.73 Å². The molecule has 112 valence electrons. The van der Waals surface area contributed by atoms with E-state index in [1.165, 1.54) is 12.1 Å². The third-order valence-electron chi connectivity index (χ3n) is 2.74. The van der Waals surface area contributed by atoms with Crippen molar-refractivity contribution in [1.82, 2.24) is 0 Å². The standard InChI is InChI=1S/C13H11BrCl2N2O2S/c1-7-4-9(6-12(17)13(7)16)21(19,20)18-8-2-3-11(15)10(14)5-8/h2-6,18H,17H2,1H3. The molecule has 0 heterocycles. The summed E-state index contributed by atoms with van der Waals surface area (Å²) in [7, 11) is -3.76. The van der Waals surface area contributed by atoms with Gasteiger partial charge in [0.1, 0.15) is 0 Å². The highest BCUT2D eigenvalue weighted by Crippen LogP contribution is 2.29. The fraction of sp³-hybridized carbons (Fsp3) is 0.0769. The Bertz CT molecular complexity index is 787. The van der Waals surface area contributed by atoms with E-state index in [9.17, 15) is 8.42 Å². The van der Waals surface area contributed by atoms with Gasteiger partial charge in [-0.3, -0.25) is 4.72 Å². The van der Waals surface area contributed by atoms with Crippen LogP contribution in [0, 0.1) is 6.92 Å². The van der Waals surface area contributed by atoms with Gasteiger partial charge in [0.2, 0.25) is 0 Å². The van der Waals surface area contributed by atoms with Gasteiger partial charge in [-0.2, -0.15) is 0 Å². The first-order chi connectivity index (χ1) is 9.70. The lowest BCUT2D eigenvalue weighted by atomic mass is 10.2. The summed E-state index contributed by atoms with van der Waals surface area (Å²) >= 11 is 15.0. The van der Waals surface area contributed by atoms with E-state index in [4.69, 9.17) is 28.9 Å². The van der Waals surface area contributed by atoms with Gasteiger partial charge in [-0.05, 0) is 58.7 Å². The Balaban J connectivity index is 2.40. The number of anilines is 2. The molecule has 2 rings (SSSR count). The van der Waals surface area contributed by atoms with Crippen molar-refractivity contribution in [1.29, 1.82) is 0 Å². The first-order valence-corrected chi connectivity index (χ1v) is 8.77. The summed E-state index contributed by atoms with van der Waals surface area (Å²) in [5, 5.41) is 0.840. The highest BCUT2D eigenvalue weighted by Gasteiger charge is 2.17. The van der Waals surface area contributed by atoms with Crippen molar-refractivity contribution < 1.29 is 8.42 Å². The maximum atomic E-state index is 12.4. The predicted octanol–water partition coefficient (Wildman–Crippen LogP) is 4.45. The first kappa shape index (κ1) is 16.4. The summed E-state index contributed by atoms with van der Waals surface area (Å²) in [6, 6.07) is 7.52. The van der Waals surface area contributed by atoms with Crippen LogP contribution in [0.2, 0.25) is 10.0 Å². The van der Waals surface area contributed by atoms with Crippen LogP contribution in [0.4, 0.5) is 11.4 Å². The minimum atomic E-state index is -3.76. The molecule has 0 unspecified atom stereocenters. The van der Waals surface area contributed by atoms with Crippen LogP contribution in [-0.2, 0) is 10.0 Å². The summed E-state index contributed by atoms with van der Waals surface area (Å²) in [6.45, 7) is 1.69. The molecule has 0 radical (unpaired) electrons. The molecule has 0 fully saturated rings. The molecule has 2 aromatic rings. The lowest BCUT2D eigenvalue weighted by Crippen LogP contribution is -2.13. The van der Waals surface area contributed by atoms with Gasteiger partial charge in [0, 0.05) is 4.47 Å². The number of nitrogen functional groups attached to an aromatic ring is 1. The average molecular weight is 410 g/mol. The van der Waals surface area contributed by atoms with E-state index in [2.05, 4.69) is 20.7 Å². The molecular weight excluding hydrogens is 399 g/mol. The maximum absolute atomic E-state index is 12.4. The monoisotopic (exact) mass is 408 g/mol. The second kappa shape index (κ2) is 6.04. The van der Waals surface area contributed by atoms with Gasteiger partial charge in [0.05, 0.1) is 26.3 Å². The predicted molar refractivity (Wildman–Crippen MR) is 90.6 cm³/mol. The maximum Gasteiger partial charge on any atom is 0.261 e. The molecule has 0 atom stereocenters. The number of hydrogen-bond acceptors (Lipinski definition) is 3. The van der Waals surface area contributed by atoms with Crippen LogP contribution in [0.15, 0.2) is 39.7 Å². The molecule has 4 nitrogen and oxygen atoms in total. The van der Waals surface area contributed by atoms with Crippen LogP contribution in [0.1, 0.15) is 5.56 Å². The number of rotatable bonds is 3. The summed E-state index contributed by atoms with van der Waals surface area (Å²) in [6.07, 6.45) is 0. The van der Waals surface area contributed by atoms with Crippen LogP contribution in [0.25, 0.3) is 0 Å². The van der Waals surface area contributed by atoms with E-state index in [0.29, 0.717) is 25.8 Å². The zero-order valence-electron chi connectivity index (χ0n) is 10.8. The van der Waals surface area contributed by atoms with Crippen molar-refractivity contribution in [2.24, 2.45) is 0 Å². The van der Waals surface area contributed by atoms with Gasteiger partial charge in [-0.15, -0.1) is 0 Å². The number of sulfonamides is 1. The van der Waals surface area contributed by atoms with Crippen molar-refractivity contribution in [3.63, 3.8) is 0 Å². The van der Waals surface area contributed by atoms with Crippen molar-refractivity contribution in [3.05, 3.63) is 50.4 Å². The fourth-order valence-electron chi connectivity index (χ4n) is 1.69. The number of aryl methyl sites for hydroxylation is 1. The van der Waals surface area contributed by atoms with Gasteiger partial charge in [-0.1, -0.05) is 23.2 Å². The summed E-state index contributed by atoms with van der Waals surface area (Å²) in [5.74, 6) is 0. The molecule has 0 aliphatic rings. The van der Waals surface area contributed by atoms with Crippen molar-refractivity contribution in [2.75, 3.05) is 10.5 Å². The molecule has 0 amide bonds. The Hall–Kier alpha value is -0.950. The minimum Gasteiger partial charge on any atom is -0.397 e. The smallest absolute Gasteiger partial charge is 0.261 e. The lowest BCUT2D eigenvalue weighted by molar-refractivity contribution is 0.601. The second-order valence-corrected chi connectivity index (χ2v) is 7.70. The zero-order valence-corrected chi connectivity index (χ0v) is 14.7. The molecule has 21 heavy (non-hydrogen) atoms. The highest BCUT2D eigenvalue weighted by molar-refractivity contribution is 9.10. The Morgan fingerprint density at radius 3 is 2.43 bits per heavy atom. The van der Waals surface area contributed by atoms with Gasteiger partial charge in [0.15, 0.2) is 0 Å². The van der Waals surface area contributed by atoms with Gasteiger partial charge >= 0.3 is 0 Å². The second-order valence-electron chi connectivity index (χ2n) is 4.38. The highest BCUT2D eigenvalue weighted by atomic mass is 79.9. The van der Waals surface area contributed by atoms with Crippen LogP contribution in [0.5, 0.6) is 0 Å². The third kappa shape index (κ3) is 3.63. The SMILES string of the molecule is Cc1cc(S(=O)(=O)Nc2ccc(Cl)c(Br)c2)cc(N)c1Cl. The molecule has 8 heteroatoms. The topological polar surface area (TPSA) is 72.2 Å². The van der Waals surface area contributed by atoms with E-state index in [1.807, 2.05) is 0 Å². The van der Waals surface area contributed by atoms with Gasteiger partial charge in [0.25, 0.3) is 10.0 Å². The van der Waals surface area contributed by atoms with E-state index < -0.39 is 10.0 Å². The molecule has 0 bridgehead atoms. The van der Waals surface area contributed by atoms with Crippen molar-refractivity contribution in [2.45, 2.75) is 11.8 Å². The number of benzene rings is 2. The lowest BCUT2D eigenvalue weighted by Gasteiger charge is -2.11. The van der Waals surface area contributed by atoms with E-state index in [1.54, 1.807) is 25.1 Å². The molecule has 3 N–H and O–H groups in total. The average Bonchev–Trinajstić information content (AvgIpc) is 2.39. The Morgan fingerprint density at radius 2 is 1.86 bits per heavy atom. The van der Waals surface area contributed by atoms with Gasteiger partial charge in [-0.25, -0.2) is 8.42 Å². The third-order valence-corrected chi connectivity index (χ3v) is 5.83. The molecule has 0 aliphatic carbocycles. The number of halogens is 3. The van der Waals surface area contributed by atoms with E-state index >= 15 is 0 Å². The number of nitrogens with two attached hydrogens (primary N) is 1. The molecule has 2 aromatic carbocycles. The first-order valence-electron chi connectivity index (χ1n) is 5.74. The molecule has 0 aromatic heterocycles. The zero-order chi connectivity index (χ0) is 15.8. The Morgan fingerprint density at radius 1 is 1.19 bits per heavy atom. The molecule has 0 saturated carbocycles. The largest absolute Gasteiger partial charge is 0.397 e. The summed E-state index contributed by atoms with van der Waals surface area (Å²) < 4.78 is 27.8. The quantitative estimate of drug-likeness (QED) is 0.735. The molecule has 0 saturated heterocycles. The van der Waals surface area contributed by atoms with Crippen LogP contribution >= 0.6 is 39.1 Å². The number of hydrogen-bond donors (Lipinski definition) is 2. The molecular formula is C13H11BrCl2N2O2S. The van der Waals surface area contributed by atoms with Crippen molar-refractivity contribution >= 4 is 60.5 Å². The summed E-state index contributed by atoms with van der Waals surface area (Å²) in [4.78, 5) is 0.0490. The normalized spacial score (nSPS) is 11.4. The molecule has 0 spiro atoms. The van der Waals surface area contributed by atoms with E-state index in [-0.39, 0.29) is 10.6 Å². The Labute approximate surface area is 141 Å². The van der Waals surface area contributed by atoms with Crippen molar-refractivity contribution in [3.8, 4) is 0 Å².